The largest absolute Gasteiger partial charge is 0.430 e. The van der Waals surface area contributed by atoms with Crippen LogP contribution in [0.5, 0.6) is 0 Å². The van der Waals surface area contributed by atoms with Gasteiger partial charge in [-0.1, -0.05) is 20.3 Å². The Morgan fingerprint density at radius 3 is 2.54 bits per heavy atom. The summed E-state index contributed by atoms with van der Waals surface area (Å²) in [4.78, 5) is 25.7. The van der Waals surface area contributed by atoms with E-state index in [1.165, 1.54) is 6.92 Å². The SMILES string of the molecule is CCCC(F)OC(=O)[C@H]1C[C@@H](C#N)CN1CC(CCC)C(C)NC(C)=O. The first-order chi connectivity index (χ1) is 12.3. The van der Waals surface area contributed by atoms with Crippen LogP contribution in [0, 0.1) is 23.2 Å². The molecule has 1 heterocycles. The van der Waals surface area contributed by atoms with Crippen molar-refractivity contribution in [3.05, 3.63) is 0 Å². The lowest BCUT2D eigenvalue weighted by Crippen LogP contribution is -2.46. The first-order valence-electron chi connectivity index (χ1n) is 9.57. The highest BCUT2D eigenvalue weighted by Gasteiger charge is 2.40. The molecule has 1 aliphatic rings. The zero-order chi connectivity index (χ0) is 19.7. The van der Waals surface area contributed by atoms with E-state index in [1.807, 2.05) is 18.7 Å². The number of hydrogen-bond acceptors (Lipinski definition) is 5. The molecule has 1 rings (SSSR count). The number of hydrogen-bond donors (Lipinski definition) is 1. The van der Waals surface area contributed by atoms with E-state index >= 15 is 0 Å². The third-order valence-electron chi connectivity index (χ3n) is 4.88. The third kappa shape index (κ3) is 6.91. The fourth-order valence-corrected chi connectivity index (χ4v) is 3.54. The predicted octanol–water partition coefficient (Wildman–Crippen LogP) is 2.78. The number of amides is 1. The molecule has 5 atom stereocenters. The Labute approximate surface area is 156 Å². The Bertz CT molecular complexity index is 509. The fraction of sp³-hybridized carbons (Fsp3) is 0.842. The highest BCUT2D eigenvalue weighted by atomic mass is 19.1. The lowest BCUT2D eigenvalue weighted by molar-refractivity contribution is -0.164. The summed E-state index contributed by atoms with van der Waals surface area (Å²) >= 11 is 0. The lowest BCUT2D eigenvalue weighted by atomic mass is 9.95. The van der Waals surface area contributed by atoms with Crippen LogP contribution in [0.3, 0.4) is 0 Å². The van der Waals surface area contributed by atoms with Crippen LogP contribution in [-0.2, 0) is 14.3 Å². The van der Waals surface area contributed by atoms with Gasteiger partial charge in [-0.25, -0.2) is 4.39 Å². The molecule has 0 aliphatic carbocycles. The van der Waals surface area contributed by atoms with Crippen molar-refractivity contribution < 1.29 is 18.7 Å². The highest BCUT2D eigenvalue weighted by Crippen LogP contribution is 2.27. The van der Waals surface area contributed by atoms with E-state index in [0.717, 1.165) is 12.8 Å². The number of carbonyl (C=O) groups excluding carboxylic acids is 2. The van der Waals surface area contributed by atoms with E-state index in [0.29, 0.717) is 25.9 Å². The van der Waals surface area contributed by atoms with Crippen LogP contribution in [0.15, 0.2) is 0 Å². The average molecular weight is 369 g/mol. The van der Waals surface area contributed by atoms with Gasteiger partial charge in [-0.2, -0.15) is 5.26 Å². The predicted molar refractivity (Wildman–Crippen MR) is 96.7 cm³/mol. The van der Waals surface area contributed by atoms with Crippen LogP contribution in [-0.4, -0.2) is 48.3 Å². The number of likely N-dealkylation sites (tertiary alicyclic amines) is 1. The van der Waals surface area contributed by atoms with Gasteiger partial charge >= 0.3 is 5.97 Å². The van der Waals surface area contributed by atoms with E-state index < -0.39 is 18.4 Å². The summed E-state index contributed by atoms with van der Waals surface area (Å²) in [5.74, 6) is -0.805. The second-order valence-corrected chi connectivity index (χ2v) is 7.20. The van der Waals surface area contributed by atoms with Crippen LogP contribution < -0.4 is 5.32 Å². The molecule has 0 saturated carbocycles. The molecule has 0 radical (unpaired) electrons. The second-order valence-electron chi connectivity index (χ2n) is 7.20. The molecular weight excluding hydrogens is 337 g/mol. The molecule has 148 valence electrons. The number of nitrogens with one attached hydrogen (secondary N) is 1. The molecule has 0 aromatic heterocycles. The van der Waals surface area contributed by atoms with Gasteiger partial charge in [0, 0.05) is 32.5 Å². The Morgan fingerprint density at radius 1 is 1.35 bits per heavy atom. The Morgan fingerprint density at radius 2 is 2.00 bits per heavy atom. The van der Waals surface area contributed by atoms with E-state index in [9.17, 15) is 19.2 Å². The molecule has 0 bridgehead atoms. The van der Waals surface area contributed by atoms with Crippen molar-refractivity contribution in [1.82, 2.24) is 10.2 Å². The number of rotatable bonds is 10. The van der Waals surface area contributed by atoms with E-state index in [1.54, 1.807) is 0 Å². The molecule has 1 saturated heterocycles. The van der Waals surface area contributed by atoms with Gasteiger partial charge in [0.1, 0.15) is 6.04 Å². The van der Waals surface area contributed by atoms with E-state index in [2.05, 4.69) is 18.3 Å². The monoisotopic (exact) mass is 369 g/mol. The number of ether oxygens (including phenoxy) is 1. The summed E-state index contributed by atoms with van der Waals surface area (Å²) < 4.78 is 18.6. The minimum atomic E-state index is -1.60. The molecule has 1 amide bonds. The maximum Gasteiger partial charge on any atom is 0.325 e. The van der Waals surface area contributed by atoms with Crippen molar-refractivity contribution in [2.75, 3.05) is 13.1 Å². The highest BCUT2D eigenvalue weighted by molar-refractivity contribution is 5.76. The minimum Gasteiger partial charge on any atom is -0.430 e. The first kappa shape index (κ1) is 22.4. The van der Waals surface area contributed by atoms with Gasteiger partial charge < -0.3 is 10.1 Å². The molecule has 1 fully saturated rings. The molecule has 3 unspecified atom stereocenters. The fourth-order valence-electron chi connectivity index (χ4n) is 3.54. The van der Waals surface area contributed by atoms with Crippen molar-refractivity contribution >= 4 is 11.9 Å². The molecule has 7 heteroatoms. The summed E-state index contributed by atoms with van der Waals surface area (Å²) in [6, 6.07) is 1.57. The van der Waals surface area contributed by atoms with Gasteiger partial charge in [0.15, 0.2) is 0 Å². The van der Waals surface area contributed by atoms with Crippen LogP contribution in [0.1, 0.15) is 59.8 Å². The number of halogens is 1. The lowest BCUT2D eigenvalue weighted by Gasteiger charge is -2.31. The first-order valence-corrected chi connectivity index (χ1v) is 9.57. The van der Waals surface area contributed by atoms with Crippen molar-refractivity contribution in [3.63, 3.8) is 0 Å². The van der Waals surface area contributed by atoms with E-state index in [4.69, 9.17) is 4.74 Å². The molecular formula is C19H32FN3O3. The van der Waals surface area contributed by atoms with Gasteiger partial charge in [-0.15, -0.1) is 0 Å². The topological polar surface area (TPSA) is 82.4 Å². The van der Waals surface area contributed by atoms with Gasteiger partial charge in [0.2, 0.25) is 12.3 Å². The number of nitriles is 1. The van der Waals surface area contributed by atoms with E-state index in [-0.39, 0.29) is 30.2 Å². The molecule has 26 heavy (non-hydrogen) atoms. The summed E-state index contributed by atoms with van der Waals surface area (Å²) in [5.41, 5.74) is 0. The Hall–Kier alpha value is -1.68. The van der Waals surface area contributed by atoms with Crippen LogP contribution >= 0.6 is 0 Å². The average Bonchev–Trinajstić information content (AvgIpc) is 2.97. The number of nitrogens with zero attached hydrogens (tertiary/aromatic N) is 2. The second kappa shape index (κ2) is 11.1. The summed E-state index contributed by atoms with van der Waals surface area (Å²) in [7, 11) is 0. The minimum absolute atomic E-state index is 0.0423. The summed E-state index contributed by atoms with van der Waals surface area (Å²) in [6.45, 7) is 8.36. The molecule has 6 nitrogen and oxygen atoms in total. The maximum absolute atomic E-state index is 13.7. The Kier molecular flexibility index (Phi) is 9.57. The standard InChI is InChI=1S/C19H32FN3O3/c1-5-7-16(13(3)22-14(4)24)12-23-11-15(10-21)9-17(23)19(25)26-18(20)8-6-2/h13,15-18H,5-9,11-12H2,1-4H3,(H,22,24)/t13?,15-,16?,17+,18?/m0/s1. The Balaban J connectivity index is 2.81. The van der Waals surface area contributed by atoms with Crippen LogP contribution in [0.4, 0.5) is 4.39 Å². The van der Waals surface area contributed by atoms with Gasteiger partial charge in [-0.05, 0) is 32.1 Å². The van der Waals surface area contributed by atoms with Crippen molar-refractivity contribution in [3.8, 4) is 6.07 Å². The summed E-state index contributed by atoms with van der Waals surface area (Å²) in [5, 5.41) is 12.2. The van der Waals surface area contributed by atoms with Gasteiger partial charge in [-0.3, -0.25) is 14.5 Å². The smallest absolute Gasteiger partial charge is 0.325 e. The van der Waals surface area contributed by atoms with Crippen molar-refractivity contribution in [1.29, 1.82) is 5.26 Å². The summed E-state index contributed by atoms with van der Waals surface area (Å²) in [6.07, 6.45) is 1.37. The quantitative estimate of drug-likeness (QED) is 0.599. The van der Waals surface area contributed by atoms with Crippen LogP contribution in [0.25, 0.3) is 0 Å². The zero-order valence-electron chi connectivity index (χ0n) is 16.3. The third-order valence-corrected chi connectivity index (χ3v) is 4.88. The molecule has 1 aliphatic heterocycles. The zero-order valence-corrected chi connectivity index (χ0v) is 16.3. The number of esters is 1. The van der Waals surface area contributed by atoms with Gasteiger partial charge in [0.25, 0.3) is 0 Å². The van der Waals surface area contributed by atoms with Crippen molar-refractivity contribution in [2.24, 2.45) is 11.8 Å². The maximum atomic E-state index is 13.7. The molecule has 1 N–H and O–H groups in total. The van der Waals surface area contributed by atoms with Crippen molar-refractivity contribution in [2.45, 2.75) is 78.2 Å². The molecule has 0 aromatic carbocycles. The molecule has 0 aromatic rings. The normalized spacial score (nSPS) is 23.7. The number of carbonyl (C=O) groups is 2. The molecule has 0 spiro atoms. The van der Waals surface area contributed by atoms with Gasteiger partial charge in [0.05, 0.1) is 12.0 Å². The van der Waals surface area contributed by atoms with Crippen LogP contribution in [0.2, 0.25) is 0 Å². The number of alkyl halides is 1.